The molecule has 0 heterocycles. The van der Waals surface area contributed by atoms with Crippen molar-refractivity contribution in [3.05, 3.63) is 127 Å². The summed E-state index contributed by atoms with van der Waals surface area (Å²) in [6.45, 7) is 40.6. The predicted octanol–water partition coefficient (Wildman–Crippen LogP) is 8.88. The number of ether oxygens (including phenoxy) is 18. The SMILES string of the molecule is C=CC(=O)OCC(COCC(COC(=O)C=C)(COC(=O)C=C)COC(=O)NC1(C)CC(NC(=O)OCCCC)CC(C)(C)C1)(COC(=O)C=C)COC(=O)C=C.C=CC(=O)OCC(COCC(COC(=O)C=C)(COC(=O)C=C)COC(=O)NC1(C)CC(NC(=O)OCCCCCC(=O)OC(=O)OCC)CC(C)(C)C1)(COC(=O)C=C)COC(=O)C=C. The van der Waals surface area contributed by atoms with Gasteiger partial charge in [-0.25, -0.2) is 71.9 Å². The zero-order chi connectivity index (χ0) is 92.9. The maximum absolute atomic E-state index is 13.7. The van der Waals surface area contributed by atoms with Crippen molar-refractivity contribution in [2.45, 2.75) is 156 Å². The van der Waals surface area contributed by atoms with Crippen LogP contribution in [0.15, 0.2) is 127 Å². The third-order valence-corrected chi connectivity index (χ3v) is 18.2. The summed E-state index contributed by atoms with van der Waals surface area (Å²) in [7, 11) is 0. The Morgan fingerprint density at radius 2 is 0.561 bits per heavy atom. The number of alkyl carbamates (subject to hydrolysis) is 4. The average molecular weight is 1740 g/mol. The van der Waals surface area contributed by atoms with E-state index in [1.165, 1.54) is 0 Å². The third-order valence-electron chi connectivity index (χ3n) is 18.2. The number of esters is 11. The normalized spacial score (nSPS) is 16.7. The van der Waals surface area contributed by atoms with Gasteiger partial charge in [0.15, 0.2) is 0 Å². The molecule has 4 amide bonds. The number of hydrogen-bond acceptors (Lipinski definition) is 34. The largest absolute Gasteiger partial charge is 0.516 e. The van der Waals surface area contributed by atoms with Gasteiger partial charge in [-0.3, -0.25) is 4.79 Å². The molecule has 2 fully saturated rings. The van der Waals surface area contributed by atoms with Crippen molar-refractivity contribution in [2.75, 3.05) is 126 Å². The van der Waals surface area contributed by atoms with Crippen LogP contribution in [-0.2, 0) is 138 Å². The lowest BCUT2D eigenvalue weighted by Gasteiger charge is -2.46. The molecule has 0 radical (unpaired) electrons. The van der Waals surface area contributed by atoms with E-state index in [1.807, 2.05) is 41.5 Å². The monoisotopic (exact) mass is 1740 g/mol. The molecule has 38 nitrogen and oxygen atoms in total. The summed E-state index contributed by atoms with van der Waals surface area (Å²) in [6, 6.07) is -0.782. The van der Waals surface area contributed by atoms with Crippen molar-refractivity contribution >= 4 is 96.2 Å². The Kier molecular flexibility index (Phi) is 49.5. The van der Waals surface area contributed by atoms with Crippen LogP contribution >= 0.6 is 0 Å². The molecule has 2 saturated carbocycles. The van der Waals surface area contributed by atoms with Gasteiger partial charge in [-0.1, -0.05) is 107 Å². The lowest BCUT2D eigenvalue weighted by molar-refractivity contribution is -0.170. The number of carbonyl (C=O) groups is 16. The zero-order valence-corrected chi connectivity index (χ0v) is 71.8. The first-order valence-electron chi connectivity index (χ1n) is 39.2. The van der Waals surface area contributed by atoms with Crippen molar-refractivity contribution < 1.29 is 162 Å². The van der Waals surface area contributed by atoms with Gasteiger partial charge in [0.1, 0.15) is 79.3 Å². The highest BCUT2D eigenvalue weighted by molar-refractivity contribution is 5.85. The number of rotatable bonds is 56. The first-order chi connectivity index (χ1) is 57.9. The number of amides is 4. The molecule has 4 unspecified atom stereocenters. The van der Waals surface area contributed by atoms with Gasteiger partial charge in [0.05, 0.1) is 67.9 Å². The Hall–Kier alpha value is -12.0. The topological polar surface area (TPSA) is 487 Å². The molecule has 0 aromatic rings. The molecule has 0 saturated heterocycles. The lowest BCUT2D eigenvalue weighted by atomic mass is 9.67. The van der Waals surface area contributed by atoms with Crippen LogP contribution in [-0.4, -0.2) is 245 Å². The quantitative estimate of drug-likeness (QED) is 0.0145. The summed E-state index contributed by atoms with van der Waals surface area (Å²) in [5.41, 5.74) is -8.93. The highest BCUT2D eigenvalue weighted by atomic mass is 16.7. The van der Waals surface area contributed by atoms with Crippen LogP contribution < -0.4 is 21.3 Å². The molecule has 0 aromatic heterocycles. The average Bonchev–Trinajstić information content (AvgIpc) is 0.792. The molecule has 2 aliphatic carbocycles. The standard InChI is InChI=1S/C45H64N2O19.C40H58N2O15/c1-10-33(48)60-26-44(27-61-34(49)11-2,28-62-35(50)12-3)24-57-25-45(29-63-36(51)13-4,30-64-37(52)14-5)31-65-40(55)47-43(9)22-32(21-42(7,8)23-43)46-39(54)59-20-18-16-17-19-38(53)66-41(56)58-15-6;1-10-16-17-51-35(48)41-29-18-37(7,8)20-38(9,19-29)42-36(49)57-28-40(26-55-33(46)14-5,27-56-34(47)15-6)22-50-21-39(23-52-30(43)11-2,24-53-31(44)12-3)25-54-32(45)13-4/h10-14,32H,1-5,15-31H2,6-9H3,(H,46,54)(H,47,55);11-15,29H,2-6,10,16-28H2,1,7-9H3,(H,41,48)(H,42,49). The van der Waals surface area contributed by atoms with Gasteiger partial charge in [-0.2, -0.15) is 0 Å². The zero-order valence-electron chi connectivity index (χ0n) is 71.8. The predicted molar refractivity (Wildman–Crippen MR) is 437 cm³/mol. The van der Waals surface area contributed by atoms with E-state index < -0.39 is 246 Å². The van der Waals surface area contributed by atoms with E-state index in [2.05, 4.69) is 96.5 Å². The van der Waals surface area contributed by atoms with Gasteiger partial charge < -0.3 is 107 Å². The molecule has 38 heteroatoms. The van der Waals surface area contributed by atoms with Gasteiger partial charge >= 0.3 is 96.2 Å². The summed E-state index contributed by atoms with van der Waals surface area (Å²) >= 11 is 0. The summed E-state index contributed by atoms with van der Waals surface area (Å²) in [5.74, 6) is -9.39. The maximum atomic E-state index is 13.7. The van der Waals surface area contributed by atoms with Crippen molar-refractivity contribution in [2.24, 2.45) is 32.5 Å². The van der Waals surface area contributed by atoms with Crippen molar-refractivity contribution in [3.63, 3.8) is 0 Å². The van der Waals surface area contributed by atoms with Crippen molar-refractivity contribution in [1.82, 2.24) is 21.3 Å². The third kappa shape index (κ3) is 46.0. The van der Waals surface area contributed by atoms with Crippen LogP contribution in [0.5, 0.6) is 0 Å². The van der Waals surface area contributed by atoms with E-state index in [4.69, 9.17) is 75.8 Å². The van der Waals surface area contributed by atoms with Gasteiger partial charge in [-0.15, -0.1) is 0 Å². The van der Waals surface area contributed by atoms with Crippen LogP contribution in [0.4, 0.5) is 24.0 Å². The molecule has 0 aromatic carbocycles. The minimum Gasteiger partial charge on any atom is -0.462 e. The number of carbonyl (C=O) groups excluding carboxylic acids is 16. The molecule has 123 heavy (non-hydrogen) atoms. The van der Waals surface area contributed by atoms with E-state index in [0.717, 1.165) is 73.6 Å². The molecule has 0 aliphatic heterocycles. The summed E-state index contributed by atoms with van der Waals surface area (Å²) in [5, 5.41) is 11.5. The van der Waals surface area contributed by atoms with Crippen LogP contribution in [0.25, 0.3) is 0 Å². The maximum Gasteiger partial charge on any atom is 0.516 e. The molecule has 2 aliphatic rings. The van der Waals surface area contributed by atoms with Crippen LogP contribution in [0.3, 0.4) is 0 Å². The fourth-order valence-electron chi connectivity index (χ4n) is 12.9. The molecular weight excluding hydrogens is 1620 g/mol. The van der Waals surface area contributed by atoms with E-state index in [1.54, 1.807) is 13.8 Å². The first kappa shape index (κ1) is 109. The Labute approximate surface area is 716 Å². The number of hydrogen-bond donors (Lipinski definition) is 4. The second-order valence-electron chi connectivity index (χ2n) is 31.4. The molecule has 4 N–H and O–H groups in total. The fourth-order valence-corrected chi connectivity index (χ4v) is 12.9. The summed E-state index contributed by atoms with van der Waals surface area (Å²) in [4.78, 5) is 197. The van der Waals surface area contributed by atoms with E-state index in [0.29, 0.717) is 51.4 Å². The number of unbranched alkanes of at least 4 members (excludes halogenated alkanes) is 3. The summed E-state index contributed by atoms with van der Waals surface area (Å²) < 4.78 is 96.1. The second kappa shape index (κ2) is 55.9. The Bertz CT molecular complexity index is 3530. The van der Waals surface area contributed by atoms with Crippen LogP contribution in [0.1, 0.15) is 132 Å². The summed E-state index contributed by atoms with van der Waals surface area (Å²) in [6.07, 6.45) is 10.4. The van der Waals surface area contributed by atoms with Crippen LogP contribution in [0.2, 0.25) is 0 Å². The fraction of sp³-hybridized carbons (Fsp3) is 0.576. The van der Waals surface area contributed by atoms with Crippen molar-refractivity contribution in [3.8, 4) is 0 Å². The minimum absolute atomic E-state index is 0.0130. The van der Waals surface area contributed by atoms with Gasteiger partial charge in [0.2, 0.25) is 0 Å². The highest BCUT2D eigenvalue weighted by Crippen LogP contribution is 2.43. The smallest absolute Gasteiger partial charge is 0.462 e. The Morgan fingerprint density at radius 3 is 0.805 bits per heavy atom. The molecular formula is C85H122N4O34. The molecule has 2 rings (SSSR count). The van der Waals surface area contributed by atoms with E-state index in [-0.39, 0.29) is 44.1 Å². The van der Waals surface area contributed by atoms with Gasteiger partial charge in [0.25, 0.3) is 0 Å². The Morgan fingerprint density at radius 1 is 0.309 bits per heavy atom. The molecule has 4 atom stereocenters. The second-order valence-corrected chi connectivity index (χ2v) is 31.4. The molecule has 686 valence electrons. The van der Waals surface area contributed by atoms with E-state index in [9.17, 15) is 76.7 Å². The molecule has 0 spiro atoms. The van der Waals surface area contributed by atoms with E-state index >= 15 is 0 Å². The first-order valence-corrected chi connectivity index (χ1v) is 39.2. The van der Waals surface area contributed by atoms with Crippen molar-refractivity contribution in [1.29, 1.82) is 0 Å². The molecule has 0 bridgehead atoms. The lowest BCUT2D eigenvalue weighted by Crippen LogP contribution is -2.58. The van der Waals surface area contributed by atoms with Crippen LogP contribution in [0, 0.1) is 32.5 Å². The number of nitrogens with one attached hydrogen (secondary N) is 4. The van der Waals surface area contributed by atoms with Gasteiger partial charge in [0, 0.05) is 90.3 Å². The Balaban J connectivity index is 0.00000124. The minimum atomic E-state index is -1.65. The highest BCUT2D eigenvalue weighted by Gasteiger charge is 2.48. The van der Waals surface area contributed by atoms with Gasteiger partial charge in [-0.05, 0) is 95.8 Å².